The van der Waals surface area contributed by atoms with Gasteiger partial charge in [-0.05, 0) is 6.42 Å². The van der Waals surface area contributed by atoms with Gasteiger partial charge in [-0.15, -0.1) is 0 Å². The minimum absolute atomic E-state index is 0.374. The molecular formula is C13H20N4. The van der Waals surface area contributed by atoms with Gasteiger partial charge in [-0.2, -0.15) is 5.26 Å². The molecule has 0 aromatic carbocycles. The molecule has 0 saturated heterocycles. The maximum atomic E-state index is 8.83. The van der Waals surface area contributed by atoms with Gasteiger partial charge in [0.1, 0.15) is 6.07 Å². The summed E-state index contributed by atoms with van der Waals surface area (Å²) in [7, 11) is 0. The van der Waals surface area contributed by atoms with Crippen LogP contribution in [0.5, 0.6) is 0 Å². The number of unbranched alkanes of at least 4 members (excludes halogenated alkanes) is 5. The van der Waals surface area contributed by atoms with Crippen molar-refractivity contribution in [1.29, 1.82) is 5.26 Å². The highest BCUT2D eigenvalue weighted by Gasteiger charge is 2.01. The van der Waals surface area contributed by atoms with Gasteiger partial charge in [0.05, 0.1) is 0 Å². The standard InChI is InChI=1S/C13H20N4/c1-2-3-4-5-6-7-8-16-13-12(11-14)15-9-10-17-13/h9-10H,2-8H2,1H3,(H,16,17). The van der Waals surface area contributed by atoms with Gasteiger partial charge in [0.25, 0.3) is 0 Å². The molecule has 0 unspecified atom stereocenters. The van der Waals surface area contributed by atoms with E-state index >= 15 is 0 Å². The number of nitrogens with one attached hydrogen (secondary N) is 1. The Labute approximate surface area is 103 Å². The Kier molecular flexibility index (Phi) is 6.73. The van der Waals surface area contributed by atoms with Crippen LogP contribution in [-0.2, 0) is 0 Å². The lowest BCUT2D eigenvalue weighted by Crippen LogP contribution is -2.06. The summed E-state index contributed by atoms with van der Waals surface area (Å²) in [6.07, 6.45) is 10.7. The summed E-state index contributed by atoms with van der Waals surface area (Å²) < 4.78 is 0. The number of aromatic nitrogens is 2. The lowest BCUT2D eigenvalue weighted by molar-refractivity contribution is 0.616. The molecular weight excluding hydrogens is 212 g/mol. The van der Waals surface area contributed by atoms with Crippen LogP contribution in [0.25, 0.3) is 0 Å². The van der Waals surface area contributed by atoms with Gasteiger partial charge in [0.15, 0.2) is 11.5 Å². The summed E-state index contributed by atoms with van der Waals surface area (Å²) in [5, 5.41) is 12.0. The van der Waals surface area contributed by atoms with Crippen LogP contribution in [-0.4, -0.2) is 16.5 Å². The molecule has 17 heavy (non-hydrogen) atoms. The van der Waals surface area contributed by atoms with E-state index in [0.717, 1.165) is 13.0 Å². The Bertz CT molecular complexity index is 357. The second-order valence-corrected chi connectivity index (χ2v) is 4.06. The summed E-state index contributed by atoms with van der Waals surface area (Å²) in [5.74, 6) is 0.601. The maximum absolute atomic E-state index is 8.83. The molecule has 4 heteroatoms. The molecule has 0 aliphatic carbocycles. The zero-order chi connectivity index (χ0) is 12.3. The molecule has 0 amide bonds. The van der Waals surface area contributed by atoms with Gasteiger partial charge in [-0.3, -0.25) is 0 Å². The van der Waals surface area contributed by atoms with E-state index in [1.807, 2.05) is 6.07 Å². The number of anilines is 1. The minimum Gasteiger partial charge on any atom is -0.368 e. The van der Waals surface area contributed by atoms with E-state index in [1.54, 1.807) is 6.20 Å². The van der Waals surface area contributed by atoms with Gasteiger partial charge in [-0.25, -0.2) is 9.97 Å². The van der Waals surface area contributed by atoms with E-state index < -0.39 is 0 Å². The van der Waals surface area contributed by atoms with Crippen molar-refractivity contribution >= 4 is 5.82 Å². The summed E-state index contributed by atoms with van der Waals surface area (Å²) >= 11 is 0. The van der Waals surface area contributed by atoms with Crippen LogP contribution in [0, 0.1) is 11.3 Å². The van der Waals surface area contributed by atoms with Crippen molar-refractivity contribution < 1.29 is 0 Å². The lowest BCUT2D eigenvalue weighted by atomic mass is 10.1. The lowest BCUT2D eigenvalue weighted by Gasteiger charge is -2.05. The highest BCUT2D eigenvalue weighted by molar-refractivity contribution is 5.46. The number of nitrogens with zero attached hydrogens (tertiary/aromatic N) is 3. The average Bonchev–Trinajstić information content (AvgIpc) is 2.38. The van der Waals surface area contributed by atoms with Crippen LogP contribution in [0.1, 0.15) is 51.1 Å². The van der Waals surface area contributed by atoms with Crippen molar-refractivity contribution in [3.05, 3.63) is 18.1 Å². The molecule has 0 aliphatic rings. The molecule has 1 aromatic rings. The van der Waals surface area contributed by atoms with Gasteiger partial charge in [0.2, 0.25) is 0 Å². The molecule has 0 bridgehead atoms. The van der Waals surface area contributed by atoms with E-state index in [2.05, 4.69) is 22.2 Å². The van der Waals surface area contributed by atoms with Crippen molar-refractivity contribution in [1.82, 2.24) is 9.97 Å². The minimum atomic E-state index is 0.374. The highest BCUT2D eigenvalue weighted by Crippen LogP contribution is 2.08. The first-order valence-corrected chi connectivity index (χ1v) is 6.33. The van der Waals surface area contributed by atoms with E-state index in [9.17, 15) is 0 Å². The fraction of sp³-hybridized carbons (Fsp3) is 0.615. The van der Waals surface area contributed by atoms with Gasteiger partial charge < -0.3 is 5.32 Å². The molecule has 4 nitrogen and oxygen atoms in total. The molecule has 0 atom stereocenters. The third-order valence-electron chi connectivity index (χ3n) is 2.63. The predicted molar refractivity (Wildman–Crippen MR) is 68.6 cm³/mol. The van der Waals surface area contributed by atoms with E-state index in [-0.39, 0.29) is 0 Å². The first kappa shape index (κ1) is 13.4. The van der Waals surface area contributed by atoms with Crippen molar-refractivity contribution in [2.75, 3.05) is 11.9 Å². The summed E-state index contributed by atoms with van der Waals surface area (Å²) in [4.78, 5) is 8.05. The zero-order valence-electron chi connectivity index (χ0n) is 10.4. The maximum Gasteiger partial charge on any atom is 0.182 e. The summed E-state index contributed by atoms with van der Waals surface area (Å²) in [6.45, 7) is 3.08. The van der Waals surface area contributed by atoms with Gasteiger partial charge in [-0.1, -0.05) is 39.0 Å². The Morgan fingerprint density at radius 2 is 1.82 bits per heavy atom. The van der Waals surface area contributed by atoms with Crippen LogP contribution in [0.2, 0.25) is 0 Å². The molecule has 1 aromatic heterocycles. The first-order chi connectivity index (χ1) is 8.38. The number of hydrogen-bond acceptors (Lipinski definition) is 4. The quantitative estimate of drug-likeness (QED) is 0.699. The Balaban J connectivity index is 2.16. The third kappa shape index (κ3) is 5.30. The number of nitriles is 1. The molecule has 1 heterocycles. The molecule has 0 radical (unpaired) electrons. The number of hydrogen-bond donors (Lipinski definition) is 1. The normalized spacial score (nSPS) is 9.88. The smallest absolute Gasteiger partial charge is 0.182 e. The Hall–Kier alpha value is -1.63. The number of rotatable bonds is 8. The first-order valence-electron chi connectivity index (χ1n) is 6.33. The second kappa shape index (κ2) is 8.51. The van der Waals surface area contributed by atoms with Crippen molar-refractivity contribution in [2.24, 2.45) is 0 Å². The summed E-state index contributed by atoms with van der Waals surface area (Å²) in [6, 6.07) is 2.03. The fourth-order valence-corrected chi connectivity index (χ4v) is 1.66. The molecule has 92 valence electrons. The monoisotopic (exact) mass is 232 g/mol. The van der Waals surface area contributed by atoms with E-state index in [0.29, 0.717) is 11.5 Å². The molecule has 0 fully saturated rings. The Morgan fingerprint density at radius 3 is 2.59 bits per heavy atom. The SMILES string of the molecule is CCCCCCCCNc1nccnc1C#N. The van der Waals surface area contributed by atoms with Crippen molar-refractivity contribution in [3.8, 4) is 6.07 Å². The molecule has 1 N–H and O–H groups in total. The van der Waals surface area contributed by atoms with Crippen LogP contribution in [0.4, 0.5) is 5.82 Å². The third-order valence-corrected chi connectivity index (χ3v) is 2.63. The Morgan fingerprint density at radius 1 is 1.12 bits per heavy atom. The topological polar surface area (TPSA) is 61.6 Å². The molecule has 0 saturated carbocycles. The highest BCUT2D eigenvalue weighted by atomic mass is 15.0. The second-order valence-electron chi connectivity index (χ2n) is 4.06. The largest absolute Gasteiger partial charge is 0.368 e. The molecule has 0 spiro atoms. The van der Waals surface area contributed by atoms with Crippen LogP contribution < -0.4 is 5.32 Å². The van der Waals surface area contributed by atoms with Crippen molar-refractivity contribution in [2.45, 2.75) is 45.4 Å². The summed E-state index contributed by atoms with van der Waals surface area (Å²) in [5.41, 5.74) is 0.374. The average molecular weight is 232 g/mol. The van der Waals surface area contributed by atoms with Gasteiger partial charge in [0, 0.05) is 18.9 Å². The van der Waals surface area contributed by atoms with Crippen LogP contribution in [0.15, 0.2) is 12.4 Å². The molecule has 0 aliphatic heterocycles. The molecule has 1 rings (SSSR count). The van der Waals surface area contributed by atoms with E-state index in [4.69, 9.17) is 5.26 Å². The predicted octanol–water partition coefficient (Wildman–Crippen LogP) is 3.12. The zero-order valence-corrected chi connectivity index (χ0v) is 10.4. The fourth-order valence-electron chi connectivity index (χ4n) is 1.66. The van der Waals surface area contributed by atoms with Crippen LogP contribution >= 0.6 is 0 Å². The van der Waals surface area contributed by atoms with Gasteiger partial charge >= 0.3 is 0 Å². The van der Waals surface area contributed by atoms with E-state index in [1.165, 1.54) is 38.3 Å². The van der Waals surface area contributed by atoms with Crippen molar-refractivity contribution in [3.63, 3.8) is 0 Å². The van der Waals surface area contributed by atoms with Crippen LogP contribution in [0.3, 0.4) is 0 Å².